The van der Waals surface area contributed by atoms with Gasteiger partial charge in [-0.2, -0.15) is 5.10 Å². The Morgan fingerprint density at radius 1 is 1.03 bits per heavy atom. The second-order valence-electron chi connectivity index (χ2n) is 8.68. The highest BCUT2D eigenvalue weighted by molar-refractivity contribution is 5.94. The number of carbonyl (C=O) groups is 1. The zero-order valence-electron chi connectivity index (χ0n) is 19.4. The highest BCUT2D eigenvalue weighted by Crippen LogP contribution is 2.28. The van der Waals surface area contributed by atoms with Gasteiger partial charge in [-0.15, -0.1) is 0 Å². The number of rotatable bonds is 5. The van der Waals surface area contributed by atoms with Crippen molar-refractivity contribution in [3.8, 4) is 17.3 Å². The largest absolute Gasteiger partial charge is 0.437 e. The van der Waals surface area contributed by atoms with Gasteiger partial charge in [-0.1, -0.05) is 24.3 Å². The fourth-order valence-electron chi connectivity index (χ4n) is 4.46. The fraction of sp³-hybridized carbons (Fsp3) is 0.259. The van der Waals surface area contributed by atoms with Gasteiger partial charge in [-0.3, -0.25) is 9.78 Å². The van der Waals surface area contributed by atoms with Crippen molar-refractivity contribution < 1.29 is 9.53 Å². The van der Waals surface area contributed by atoms with Crippen LogP contribution >= 0.6 is 0 Å². The van der Waals surface area contributed by atoms with E-state index in [2.05, 4.69) is 15.1 Å². The van der Waals surface area contributed by atoms with Crippen LogP contribution in [0.5, 0.6) is 11.6 Å². The predicted molar refractivity (Wildman–Crippen MR) is 129 cm³/mol. The molecule has 0 saturated carbocycles. The van der Waals surface area contributed by atoms with Crippen LogP contribution in [0.15, 0.2) is 73.1 Å². The van der Waals surface area contributed by atoms with Gasteiger partial charge >= 0.3 is 0 Å². The maximum absolute atomic E-state index is 13.4. The smallest absolute Gasteiger partial charge is 0.253 e. The molecule has 7 heteroatoms. The number of likely N-dealkylation sites (tertiary alicyclic amines) is 1. The van der Waals surface area contributed by atoms with E-state index in [1.807, 2.05) is 84.1 Å². The van der Waals surface area contributed by atoms with Crippen molar-refractivity contribution >= 4 is 5.91 Å². The second kappa shape index (κ2) is 9.47. The third-order valence-electron chi connectivity index (χ3n) is 6.07. The maximum atomic E-state index is 13.4. The lowest BCUT2D eigenvalue weighted by molar-refractivity contribution is 0.0705. The summed E-state index contributed by atoms with van der Waals surface area (Å²) in [6, 6.07) is 19.2. The van der Waals surface area contributed by atoms with Crippen LogP contribution in [0.25, 0.3) is 5.69 Å². The molecule has 172 valence electrons. The Labute approximate surface area is 199 Å². The van der Waals surface area contributed by atoms with Gasteiger partial charge in [0.1, 0.15) is 5.75 Å². The van der Waals surface area contributed by atoms with Crippen LogP contribution in [0.3, 0.4) is 0 Å². The number of amides is 1. The van der Waals surface area contributed by atoms with E-state index >= 15 is 0 Å². The standard InChI is InChI=1S/C27H27N5O2/c1-19-14-20(2)32(30-19)23-10-6-8-21(15-23)27(33)31-13-7-9-22(18-31)25-16-28-17-26(29-25)34-24-11-4-3-5-12-24/h3-6,8,10-12,14-17,22H,7,9,13,18H2,1-2H3. The van der Waals surface area contributed by atoms with Gasteiger partial charge in [0.15, 0.2) is 0 Å². The summed E-state index contributed by atoms with van der Waals surface area (Å²) >= 11 is 0. The summed E-state index contributed by atoms with van der Waals surface area (Å²) in [7, 11) is 0. The average Bonchev–Trinajstić information content (AvgIpc) is 3.22. The first-order valence-corrected chi connectivity index (χ1v) is 11.5. The van der Waals surface area contributed by atoms with Gasteiger partial charge in [0.05, 0.1) is 23.3 Å². The van der Waals surface area contributed by atoms with E-state index in [0.717, 1.165) is 47.9 Å². The maximum Gasteiger partial charge on any atom is 0.253 e. The molecule has 1 aliphatic heterocycles. The summed E-state index contributed by atoms with van der Waals surface area (Å²) in [5.41, 5.74) is 4.39. The molecule has 0 N–H and O–H groups in total. The SMILES string of the molecule is Cc1cc(C)n(-c2cccc(C(=O)N3CCCC(c4cncc(Oc5ccccc5)n4)C3)c2)n1. The van der Waals surface area contributed by atoms with Crippen LogP contribution in [-0.2, 0) is 0 Å². The van der Waals surface area contributed by atoms with Crippen molar-refractivity contribution in [3.63, 3.8) is 0 Å². The van der Waals surface area contributed by atoms with Crippen molar-refractivity contribution in [2.45, 2.75) is 32.6 Å². The average molecular weight is 454 g/mol. The molecule has 34 heavy (non-hydrogen) atoms. The Balaban J connectivity index is 1.32. The number of hydrogen-bond donors (Lipinski definition) is 0. The van der Waals surface area contributed by atoms with Crippen molar-refractivity contribution in [3.05, 3.63) is 95.7 Å². The van der Waals surface area contributed by atoms with Crippen LogP contribution < -0.4 is 4.74 Å². The first-order chi connectivity index (χ1) is 16.6. The minimum atomic E-state index is 0.0257. The lowest BCUT2D eigenvalue weighted by Crippen LogP contribution is -2.39. The molecule has 0 radical (unpaired) electrons. The molecule has 1 aliphatic rings. The first kappa shape index (κ1) is 21.8. The Bertz CT molecular complexity index is 1300. The molecule has 7 nitrogen and oxygen atoms in total. The summed E-state index contributed by atoms with van der Waals surface area (Å²) in [5, 5.41) is 4.55. The molecule has 1 atom stereocenters. The van der Waals surface area contributed by atoms with E-state index < -0.39 is 0 Å². The summed E-state index contributed by atoms with van der Waals surface area (Å²) in [6.45, 7) is 5.31. The molecular weight excluding hydrogens is 426 g/mol. The molecule has 0 bridgehead atoms. The predicted octanol–water partition coefficient (Wildman–Crippen LogP) is 5.09. The van der Waals surface area contributed by atoms with Crippen molar-refractivity contribution in [1.29, 1.82) is 0 Å². The topological polar surface area (TPSA) is 73.1 Å². The van der Waals surface area contributed by atoms with Gasteiger partial charge in [0, 0.05) is 36.5 Å². The first-order valence-electron chi connectivity index (χ1n) is 11.5. The number of carbonyl (C=O) groups excluding carboxylic acids is 1. The van der Waals surface area contributed by atoms with Crippen LogP contribution in [0.4, 0.5) is 0 Å². The van der Waals surface area contributed by atoms with E-state index in [1.165, 1.54) is 0 Å². The number of aryl methyl sites for hydroxylation is 2. The molecule has 5 rings (SSSR count). The minimum absolute atomic E-state index is 0.0257. The molecule has 0 spiro atoms. The number of ether oxygens (including phenoxy) is 1. The number of hydrogen-bond acceptors (Lipinski definition) is 5. The van der Waals surface area contributed by atoms with Gasteiger partial charge in [0.25, 0.3) is 5.91 Å². The number of para-hydroxylation sites is 1. The number of aromatic nitrogens is 4. The monoisotopic (exact) mass is 453 g/mol. The Morgan fingerprint density at radius 2 is 1.88 bits per heavy atom. The van der Waals surface area contributed by atoms with Crippen molar-refractivity contribution in [1.82, 2.24) is 24.6 Å². The highest BCUT2D eigenvalue weighted by atomic mass is 16.5. The van der Waals surface area contributed by atoms with Gasteiger partial charge in [-0.05, 0) is 63.1 Å². The van der Waals surface area contributed by atoms with Crippen LogP contribution in [0.1, 0.15) is 46.2 Å². The number of piperidine rings is 1. The molecular formula is C27H27N5O2. The van der Waals surface area contributed by atoms with E-state index in [-0.39, 0.29) is 11.8 Å². The number of benzene rings is 2. The molecule has 1 saturated heterocycles. The van der Waals surface area contributed by atoms with Crippen LogP contribution in [0, 0.1) is 13.8 Å². The van der Waals surface area contributed by atoms with Crippen molar-refractivity contribution in [2.75, 3.05) is 13.1 Å². The normalized spacial score (nSPS) is 15.8. The fourth-order valence-corrected chi connectivity index (χ4v) is 4.46. The van der Waals surface area contributed by atoms with E-state index in [0.29, 0.717) is 18.0 Å². The van der Waals surface area contributed by atoms with Crippen molar-refractivity contribution in [2.24, 2.45) is 0 Å². The molecule has 3 heterocycles. The summed E-state index contributed by atoms with van der Waals surface area (Å²) < 4.78 is 7.73. The zero-order valence-corrected chi connectivity index (χ0v) is 19.4. The summed E-state index contributed by atoms with van der Waals surface area (Å²) in [6.07, 6.45) is 5.27. The molecule has 0 aliphatic carbocycles. The van der Waals surface area contributed by atoms with Crippen LogP contribution in [0.2, 0.25) is 0 Å². The Hall–Kier alpha value is -4.00. The Kier molecular flexibility index (Phi) is 6.08. The quantitative estimate of drug-likeness (QED) is 0.421. The van der Waals surface area contributed by atoms with Gasteiger partial charge in [-0.25, -0.2) is 9.67 Å². The molecule has 4 aromatic rings. The highest BCUT2D eigenvalue weighted by Gasteiger charge is 2.27. The van der Waals surface area contributed by atoms with E-state index in [9.17, 15) is 4.79 Å². The molecule has 1 fully saturated rings. The molecule has 2 aromatic carbocycles. The third-order valence-corrected chi connectivity index (χ3v) is 6.07. The summed E-state index contributed by atoms with van der Waals surface area (Å²) in [5.74, 6) is 1.32. The summed E-state index contributed by atoms with van der Waals surface area (Å²) in [4.78, 5) is 24.3. The molecule has 2 aromatic heterocycles. The second-order valence-corrected chi connectivity index (χ2v) is 8.68. The lowest BCUT2D eigenvalue weighted by atomic mass is 9.94. The number of nitrogens with zero attached hydrogens (tertiary/aromatic N) is 5. The van der Waals surface area contributed by atoms with E-state index in [4.69, 9.17) is 4.74 Å². The third kappa shape index (κ3) is 4.69. The minimum Gasteiger partial charge on any atom is -0.437 e. The lowest BCUT2D eigenvalue weighted by Gasteiger charge is -2.32. The molecule has 1 unspecified atom stereocenters. The van der Waals surface area contributed by atoms with Gasteiger partial charge < -0.3 is 9.64 Å². The van der Waals surface area contributed by atoms with E-state index in [1.54, 1.807) is 12.4 Å². The van der Waals surface area contributed by atoms with Crippen LogP contribution in [-0.4, -0.2) is 43.6 Å². The Morgan fingerprint density at radius 3 is 2.68 bits per heavy atom. The molecule has 1 amide bonds. The zero-order chi connectivity index (χ0) is 23.5. The van der Waals surface area contributed by atoms with Gasteiger partial charge in [0.2, 0.25) is 5.88 Å².